The van der Waals surface area contributed by atoms with Gasteiger partial charge in [0.1, 0.15) is 11.4 Å². The molecule has 1 aromatic rings. The fraction of sp³-hybridized carbons (Fsp3) is 0.364. The first-order valence-corrected chi connectivity index (χ1v) is 5.84. The Hall–Kier alpha value is -1.23. The minimum atomic E-state index is -0.00449. The molecular weight excluding hydrogens is 272 g/mol. The summed E-state index contributed by atoms with van der Waals surface area (Å²) in [5, 5.41) is 6.14. The van der Waals surface area contributed by atoms with Crippen molar-refractivity contribution in [3.05, 3.63) is 16.6 Å². The van der Waals surface area contributed by atoms with Gasteiger partial charge in [-0.2, -0.15) is 0 Å². The molecule has 1 aliphatic heterocycles. The third-order valence-corrected chi connectivity index (χ3v) is 3.14. The molecular formula is C11H13BrN2O2. The zero-order valence-corrected chi connectivity index (χ0v) is 10.7. The number of rotatable bonds is 1. The van der Waals surface area contributed by atoms with Crippen molar-refractivity contribution in [1.82, 2.24) is 0 Å². The Morgan fingerprint density at radius 1 is 1.44 bits per heavy atom. The highest BCUT2D eigenvalue weighted by atomic mass is 79.9. The van der Waals surface area contributed by atoms with Crippen LogP contribution in [0.4, 0.5) is 11.4 Å². The molecule has 5 heteroatoms. The normalized spacial score (nSPS) is 19.2. The second-order valence-corrected chi connectivity index (χ2v) is 4.65. The molecule has 0 saturated carbocycles. The van der Waals surface area contributed by atoms with Gasteiger partial charge in [0.2, 0.25) is 5.91 Å². The molecule has 86 valence electrons. The van der Waals surface area contributed by atoms with Gasteiger partial charge in [-0.15, -0.1) is 0 Å². The molecule has 1 amide bonds. The van der Waals surface area contributed by atoms with E-state index >= 15 is 0 Å². The van der Waals surface area contributed by atoms with Crippen LogP contribution >= 0.6 is 15.9 Å². The summed E-state index contributed by atoms with van der Waals surface area (Å²) in [5.74, 6) is 0.656. The maximum absolute atomic E-state index is 11.6. The van der Waals surface area contributed by atoms with Gasteiger partial charge in [0, 0.05) is 16.9 Å². The van der Waals surface area contributed by atoms with E-state index in [2.05, 4.69) is 26.6 Å². The Balaban J connectivity index is 2.54. The molecule has 0 fully saturated rings. The first-order valence-electron chi connectivity index (χ1n) is 5.04. The van der Waals surface area contributed by atoms with E-state index in [-0.39, 0.29) is 11.9 Å². The number of anilines is 2. The van der Waals surface area contributed by atoms with Crippen LogP contribution in [-0.4, -0.2) is 19.1 Å². The highest BCUT2D eigenvalue weighted by Gasteiger charge is 2.22. The number of hydrogen-bond acceptors (Lipinski definition) is 3. The molecule has 1 atom stereocenters. The van der Waals surface area contributed by atoms with Gasteiger partial charge in [-0.1, -0.05) is 0 Å². The molecule has 0 spiro atoms. The van der Waals surface area contributed by atoms with Gasteiger partial charge in [-0.25, -0.2) is 0 Å². The van der Waals surface area contributed by atoms with Crippen molar-refractivity contribution in [2.45, 2.75) is 19.4 Å². The zero-order valence-electron chi connectivity index (χ0n) is 9.13. The number of carbonyl (C=O) groups is 1. The van der Waals surface area contributed by atoms with Gasteiger partial charge in [0.15, 0.2) is 0 Å². The van der Waals surface area contributed by atoms with Crippen LogP contribution in [0.3, 0.4) is 0 Å². The maximum atomic E-state index is 11.6. The first kappa shape index (κ1) is 11.3. The molecule has 0 radical (unpaired) electrons. The maximum Gasteiger partial charge on any atom is 0.226 e. The number of amides is 1. The molecule has 0 bridgehead atoms. The van der Waals surface area contributed by atoms with E-state index in [1.165, 1.54) is 0 Å². The summed E-state index contributed by atoms with van der Waals surface area (Å²) in [5.41, 5.74) is 1.57. The third-order valence-electron chi connectivity index (χ3n) is 2.48. The summed E-state index contributed by atoms with van der Waals surface area (Å²) in [6, 6.07) is 3.82. The number of benzene rings is 1. The second-order valence-electron chi connectivity index (χ2n) is 3.80. The van der Waals surface area contributed by atoms with Gasteiger partial charge in [0.05, 0.1) is 12.8 Å². The van der Waals surface area contributed by atoms with Crippen LogP contribution in [-0.2, 0) is 4.79 Å². The van der Waals surface area contributed by atoms with Gasteiger partial charge in [-0.3, -0.25) is 4.79 Å². The standard InChI is InChI=1S/C11H13BrN2O2/c1-6-5-9(15)14-11-8(16-2)4-3-7(12)10(11)13-6/h3-4,6,13H,5H2,1-2H3,(H,14,15)/t6-/m1/s1. The zero-order chi connectivity index (χ0) is 11.7. The van der Waals surface area contributed by atoms with E-state index in [0.29, 0.717) is 17.9 Å². The van der Waals surface area contributed by atoms with Crippen molar-refractivity contribution >= 4 is 33.2 Å². The Labute approximate surface area is 102 Å². The van der Waals surface area contributed by atoms with E-state index in [1.54, 1.807) is 7.11 Å². The number of hydrogen-bond donors (Lipinski definition) is 2. The largest absolute Gasteiger partial charge is 0.494 e. The fourth-order valence-corrected chi connectivity index (χ4v) is 2.20. The van der Waals surface area contributed by atoms with Crippen LogP contribution in [0.2, 0.25) is 0 Å². The number of nitrogens with one attached hydrogen (secondary N) is 2. The Morgan fingerprint density at radius 3 is 2.88 bits per heavy atom. The van der Waals surface area contributed by atoms with E-state index in [9.17, 15) is 4.79 Å². The fourth-order valence-electron chi connectivity index (χ4n) is 1.76. The van der Waals surface area contributed by atoms with Gasteiger partial charge in [-0.05, 0) is 35.0 Å². The molecule has 0 unspecified atom stereocenters. The average molecular weight is 285 g/mol. The SMILES string of the molecule is COc1ccc(Br)c2c1NC(=O)C[C@@H](C)N2. The van der Waals surface area contributed by atoms with Crippen LogP contribution in [0.1, 0.15) is 13.3 Å². The number of carbonyl (C=O) groups excluding carboxylic acids is 1. The molecule has 0 aromatic heterocycles. The van der Waals surface area contributed by atoms with Gasteiger partial charge >= 0.3 is 0 Å². The van der Waals surface area contributed by atoms with Crippen molar-refractivity contribution in [2.75, 3.05) is 17.7 Å². The highest BCUT2D eigenvalue weighted by molar-refractivity contribution is 9.10. The van der Waals surface area contributed by atoms with E-state index in [4.69, 9.17) is 4.74 Å². The number of fused-ring (bicyclic) bond motifs is 1. The number of ether oxygens (including phenoxy) is 1. The summed E-state index contributed by atoms with van der Waals surface area (Å²) >= 11 is 3.46. The molecule has 2 N–H and O–H groups in total. The molecule has 1 aliphatic rings. The predicted molar refractivity (Wildman–Crippen MR) is 67.0 cm³/mol. The molecule has 16 heavy (non-hydrogen) atoms. The monoisotopic (exact) mass is 284 g/mol. The summed E-state index contributed by atoms with van der Waals surface area (Å²) in [7, 11) is 1.59. The van der Waals surface area contributed by atoms with Gasteiger partial charge in [0.25, 0.3) is 0 Å². The lowest BCUT2D eigenvalue weighted by Gasteiger charge is -2.15. The number of halogens is 1. The van der Waals surface area contributed by atoms with Crippen molar-refractivity contribution in [2.24, 2.45) is 0 Å². The van der Waals surface area contributed by atoms with E-state index in [1.807, 2.05) is 19.1 Å². The van der Waals surface area contributed by atoms with Crippen LogP contribution in [0.5, 0.6) is 5.75 Å². The molecule has 1 heterocycles. The van der Waals surface area contributed by atoms with Crippen LogP contribution < -0.4 is 15.4 Å². The lowest BCUT2D eigenvalue weighted by Crippen LogP contribution is -2.19. The minimum absolute atomic E-state index is 0.00449. The lowest BCUT2D eigenvalue weighted by molar-refractivity contribution is -0.116. The average Bonchev–Trinajstić information content (AvgIpc) is 2.37. The van der Waals surface area contributed by atoms with Gasteiger partial charge < -0.3 is 15.4 Å². The minimum Gasteiger partial charge on any atom is -0.494 e. The molecule has 0 saturated heterocycles. The molecule has 2 rings (SSSR count). The Morgan fingerprint density at radius 2 is 2.19 bits per heavy atom. The van der Waals surface area contributed by atoms with Crippen LogP contribution in [0.15, 0.2) is 16.6 Å². The summed E-state index contributed by atoms with van der Waals surface area (Å²) in [4.78, 5) is 11.6. The van der Waals surface area contributed by atoms with E-state index < -0.39 is 0 Å². The molecule has 1 aromatic carbocycles. The van der Waals surface area contributed by atoms with Crippen LogP contribution in [0.25, 0.3) is 0 Å². The van der Waals surface area contributed by atoms with Crippen LogP contribution in [0, 0.1) is 0 Å². The Kier molecular flexibility index (Phi) is 3.05. The Bertz CT molecular complexity index is 434. The predicted octanol–water partition coefficient (Wildman–Crippen LogP) is 2.60. The quantitative estimate of drug-likeness (QED) is 0.834. The lowest BCUT2D eigenvalue weighted by atomic mass is 10.2. The molecule has 4 nitrogen and oxygen atoms in total. The highest BCUT2D eigenvalue weighted by Crippen LogP contribution is 2.40. The smallest absolute Gasteiger partial charge is 0.226 e. The summed E-state index contributed by atoms with van der Waals surface area (Å²) < 4.78 is 6.15. The van der Waals surface area contributed by atoms with Crippen molar-refractivity contribution in [1.29, 1.82) is 0 Å². The number of methoxy groups -OCH3 is 1. The second kappa shape index (κ2) is 4.33. The van der Waals surface area contributed by atoms with E-state index in [0.717, 1.165) is 10.2 Å². The van der Waals surface area contributed by atoms with Crippen molar-refractivity contribution < 1.29 is 9.53 Å². The first-order chi connectivity index (χ1) is 7.61. The topological polar surface area (TPSA) is 50.4 Å². The summed E-state index contributed by atoms with van der Waals surface area (Å²) in [6.45, 7) is 1.97. The molecule has 0 aliphatic carbocycles. The van der Waals surface area contributed by atoms with Crippen molar-refractivity contribution in [3.63, 3.8) is 0 Å². The third kappa shape index (κ3) is 2.00. The summed E-state index contributed by atoms with van der Waals surface area (Å²) in [6.07, 6.45) is 0.449. The van der Waals surface area contributed by atoms with Crippen molar-refractivity contribution in [3.8, 4) is 5.75 Å².